The number of piperidine rings is 1. The quantitative estimate of drug-likeness (QED) is 0.812. The Bertz CT molecular complexity index is 310. The molecule has 0 aromatic heterocycles. The Labute approximate surface area is 123 Å². The lowest BCUT2D eigenvalue weighted by Crippen LogP contribution is -2.49. The van der Waals surface area contributed by atoms with E-state index in [1.807, 2.05) is 0 Å². The first-order valence-electron chi connectivity index (χ1n) is 8.36. The summed E-state index contributed by atoms with van der Waals surface area (Å²) < 4.78 is 0. The molecule has 0 aliphatic carbocycles. The molecule has 0 saturated carbocycles. The molecule has 2 aliphatic heterocycles. The van der Waals surface area contributed by atoms with Crippen LogP contribution in [0.3, 0.4) is 0 Å². The van der Waals surface area contributed by atoms with E-state index in [9.17, 15) is 9.90 Å². The maximum absolute atomic E-state index is 11.3. The second-order valence-corrected chi connectivity index (χ2v) is 6.45. The van der Waals surface area contributed by atoms with Crippen LogP contribution in [0.4, 0.5) is 0 Å². The molecule has 20 heavy (non-hydrogen) atoms. The minimum Gasteiger partial charge on any atom is -0.480 e. The molecule has 2 rings (SSSR count). The predicted molar refractivity (Wildman–Crippen MR) is 80.9 cm³/mol. The van der Waals surface area contributed by atoms with Gasteiger partial charge in [0, 0.05) is 12.6 Å². The predicted octanol–water partition coefficient (Wildman–Crippen LogP) is 2.44. The van der Waals surface area contributed by atoms with Crippen molar-refractivity contribution in [1.82, 2.24) is 9.80 Å². The summed E-state index contributed by atoms with van der Waals surface area (Å²) in [6.07, 6.45) is 6.70. The molecule has 0 radical (unpaired) electrons. The number of rotatable bonds is 6. The van der Waals surface area contributed by atoms with Crippen molar-refractivity contribution in [2.45, 2.75) is 64.5 Å². The summed E-state index contributed by atoms with van der Waals surface area (Å²) in [5, 5.41) is 9.30. The van der Waals surface area contributed by atoms with Gasteiger partial charge in [-0.25, -0.2) is 0 Å². The van der Waals surface area contributed by atoms with Crippen LogP contribution in [0.15, 0.2) is 0 Å². The molecule has 116 valence electrons. The first kappa shape index (κ1) is 15.8. The van der Waals surface area contributed by atoms with Crippen LogP contribution in [0.2, 0.25) is 0 Å². The van der Waals surface area contributed by atoms with Crippen molar-refractivity contribution in [3.63, 3.8) is 0 Å². The van der Waals surface area contributed by atoms with Crippen molar-refractivity contribution in [3.05, 3.63) is 0 Å². The minimum absolute atomic E-state index is 0.217. The Balaban J connectivity index is 1.80. The lowest BCUT2D eigenvalue weighted by Gasteiger charge is -2.39. The molecule has 4 heteroatoms. The minimum atomic E-state index is -0.623. The largest absolute Gasteiger partial charge is 0.480 e. The summed E-state index contributed by atoms with van der Waals surface area (Å²) >= 11 is 0. The van der Waals surface area contributed by atoms with Crippen molar-refractivity contribution in [2.24, 2.45) is 5.92 Å². The molecule has 2 saturated heterocycles. The van der Waals surface area contributed by atoms with Crippen LogP contribution in [0.5, 0.6) is 0 Å². The lowest BCUT2D eigenvalue weighted by atomic mass is 9.98. The van der Waals surface area contributed by atoms with Gasteiger partial charge in [0.25, 0.3) is 0 Å². The Morgan fingerprint density at radius 2 is 1.80 bits per heavy atom. The van der Waals surface area contributed by atoms with E-state index < -0.39 is 5.97 Å². The van der Waals surface area contributed by atoms with Gasteiger partial charge in [-0.15, -0.1) is 0 Å². The molecular weight excluding hydrogens is 252 g/mol. The van der Waals surface area contributed by atoms with Gasteiger partial charge >= 0.3 is 5.97 Å². The van der Waals surface area contributed by atoms with Crippen LogP contribution in [0.25, 0.3) is 0 Å². The van der Waals surface area contributed by atoms with E-state index >= 15 is 0 Å². The van der Waals surface area contributed by atoms with E-state index in [-0.39, 0.29) is 6.04 Å². The SMILES string of the molecule is CCC(CC)CN1CCC(N2CCCC2C(=O)O)CC1. The van der Waals surface area contributed by atoms with E-state index in [1.54, 1.807) is 0 Å². The van der Waals surface area contributed by atoms with Gasteiger partial charge in [-0.2, -0.15) is 0 Å². The van der Waals surface area contributed by atoms with Gasteiger partial charge in [0.15, 0.2) is 0 Å². The summed E-state index contributed by atoms with van der Waals surface area (Å²) in [6, 6.07) is 0.280. The summed E-state index contributed by atoms with van der Waals surface area (Å²) in [4.78, 5) is 16.1. The van der Waals surface area contributed by atoms with Crippen LogP contribution in [0, 0.1) is 5.92 Å². The van der Waals surface area contributed by atoms with Crippen molar-refractivity contribution >= 4 is 5.97 Å². The fraction of sp³-hybridized carbons (Fsp3) is 0.938. The highest BCUT2D eigenvalue weighted by Gasteiger charge is 2.36. The maximum Gasteiger partial charge on any atom is 0.320 e. The average molecular weight is 282 g/mol. The van der Waals surface area contributed by atoms with E-state index in [4.69, 9.17) is 0 Å². The fourth-order valence-corrected chi connectivity index (χ4v) is 3.84. The molecule has 0 aromatic carbocycles. The topological polar surface area (TPSA) is 43.8 Å². The standard InChI is InChI=1S/C16H30N2O2/c1-3-13(4-2)12-17-10-7-14(8-11-17)18-9-5-6-15(18)16(19)20/h13-15H,3-12H2,1-2H3,(H,19,20). The highest BCUT2D eigenvalue weighted by atomic mass is 16.4. The third-order valence-electron chi connectivity index (χ3n) is 5.28. The molecule has 0 spiro atoms. The highest BCUT2D eigenvalue weighted by molar-refractivity contribution is 5.73. The molecular formula is C16H30N2O2. The first-order chi connectivity index (χ1) is 9.65. The second kappa shape index (κ2) is 7.41. The molecule has 2 aliphatic rings. The van der Waals surface area contributed by atoms with Crippen molar-refractivity contribution < 1.29 is 9.90 Å². The van der Waals surface area contributed by atoms with Gasteiger partial charge in [-0.3, -0.25) is 9.69 Å². The highest BCUT2D eigenvalue weighted by Crippen LogP contribution is 2.26. The average Bonchev–Trinajstić information content (AvgIpc) is 2.95. The van der Waals surface area contributed by atoms with Gasteiger partial charge in [0.1, 0.15) is 6.04 Å². The summed E-state index contributed by atoms with van der Waals surface area (Å²) in [6.45, 7) is 9.05. The fourth-order valence-electron chi connectivity index (χ4n) is 3.84. The summed E-state index contributed by atoms with van der Waals surface area (Å²) in [5.74, 6) is 0.201. The van der Waals surface area contributed by atoms with E-state index in [1.165, 1.54) is 19.4 Å². The lowest BCUT2D eigenvalue weighted by molar-refractivity contribution is -0.143. The van der Waals surface area contributed by atoms with Crippen molar-refractivity contribution in [3.8, 4) is 0 Å². The Morgan fingerprint density at radius 3 is 2.35 bits per heavy atom. The van der Waals surface area contributed by atoms with Gasteiger partial charge in [0.05, 0.1) is 0 Å². The summed E-state index contributed by atoms with van der Waals surface area (Å²) in [7, 11) is 0. The van der Waals surface area contributed by atoms with Crippen LogP contribution < -0.4 is 0 Å². The monoisotopic (exact) mass is 282 g/mol. The third kappa shape index (κ3) is 3.73. The van der Waals surface area contributed by atoms with Crippen LogP contribution in [0.1, 0.15) is 52.4 Å². The second-order valence-electron chi connectivity index (χ2n) is 6.45. The normalized spacial score (nSPS) is 26.4. The molecule has 1 N–H and O–H groups in total. The third-order valence-corrected chi connectivity index (χ3v) is 5.28. The molecule has 1 atom stereocenters. The number of nitrogens with zero attached hydrogens (tertiary/aromatic N) is 2. The molecule has 0 bridgehead atoms. The van der Waals surface area contributed by atoms with Gasteiger partial charge in [-0.05, 0) is 51.2 Å². The summed E-state index contributed by atoms with van der Waals surface area (Å²) in [5.41, 5.74) is 0. The molecule has 2 fully saturated rings. The van der Waals surface area contributed by atoms with Gasteiger partial charge < -0.3 is 10.0 Å². The number of carbonyl (C=O) groups is 1. The maximum atomic E-state index is 11.3. The smallest absolute Gasteiger partial charge is 0.320 e. The number of hydrogen-bond acceptors (Lipinski definition) is 3. The number of hydrogen-bond donors (Lipinski definition) is 1. The first-order valence-corrected chi connectivity index (χ1v) is 8.36. The van der Waals surface area contributed by atoms with Crippen LogP contribution in [-0.4, -0.2) is 59.1 Å². The van der Waals surface area contributed by atoms with E-state index in [0.717, 1.165) is 51.2 Å². The zero-order valence-corrected chi connectivity index (χ0v) is 13.1. The molecule has 0 aromatic rings. The number of carboxylic acids is 1. The number of aliphatic carboxylic acids is 1. The number of likely N-dealkylation sites (tertiary alicyclic amines) is 2. The van der Waals surface area contributed by atoms with E-state index in [2.05, 4.69) is 23.6 Å². The molecule has 4 nitrogen and oxygen atoms in total. The molecule has 0 amide bonds. The van der Waals surface area contributed by atoms with Gasteiger partial charge in [0.2, 0.25) is 0 Å². The van der Waals surface area contributed by atoms with E-state index in [0.29, 0.717) is 6.04 Å². The van der Waals surface area contributed by atoms with Gasteiger partial charge in [-0.1, -0.05) is 26.7 Å². The zero-order chi connectivity index (χ0) is 14.5. The molecule has 2 heterocycles. The zero-order valence-electron chi connectivity index (χ0n) is 13.1. The number of carboxylic acid groups (broad SMARTS) is 1. The van der Waals surface area contributed by atoms with Crippen molar-refractivity contribution in [1.29, 1.82) is 0 Å². The Hall–Kier alpha value is -0.610. The Kier molecular flexibility index (Phi) is 5.85. The van der Waals surface area contributed by atoms with Crippen LogP contribution in [-0.2, 0) is 4.79 Å². The van der Waals surface area contributed by atoms with Crippen LogP contribution >= 0.6 is 0 Å². The molecule has 1 unspecified atom stereocenters. The Morgan fingerprint density at radius 1 is 1.15 bits per heavy atom. The van der Waals surface area contributed by atoms with Crippen molar-refractivity contribution in [2.75, 3.05) is 26.2 Å².